The second kappa shape index (κ2) is 10.3. The van der Waals surface area contributed by atoms with Crippen LogP contribution in [-0.4, -0.2) is 34.4 Å². The molecule has 0 atom stereocenters. The van der Waals surface area contributed by atoms with Crippen LogP contribution >= 0.6 is 0 Å². The Bertz CT molecular complexity index is 1540. The van der Waals surface area contributed by atoms with Crippen LogP contribution in [-0.2, 0) is 4.79 Å². The molecule has 6 heteroatoms. The van der Waals surface area contributed by atoms with Crippen molar-refractivity contribution < 1.29 is 14.3 Å². The number of nitrogens with zero attached hydrogens (tertiary/aromatic N) is 2. The molecule has 1 aliphatic carbocycles. The standard InChI is InChI=1S/C32H30FN3O2/c33-32-27-20-25(14-15-28(27)34-35-32)31(23-12-9-21(10-13-23)11-16-29(37)38)30(22-5-3-6-22)24-7-4-8-26(19-24)36-17-1-2-18-36/h4,7-16,19-20,22H,1-3,5-6,17-18H2,(H,34,35)(H,37,38)/b16-11+,31-30+. The third kappa shape index (κ3) is 4.74. The SMILES string of the molecule is O=C(O)/C=C/c1ccc(/C(=C(\c2cccc(N3CCCC3)c2)C2CCC2)c2ccc3[nH]nc(F)c3c2)cc1. The van der Waals surface area contributed by atoms with E-state index < -0.39 is 11.9 Å². The Labute approximate surface area is 221 Å². The third-order valence-electron chi connectivity index (χ3n) is 7.83. The molecule has 0 radical (unpaired) electrons. The van der Waals surface area contributed by atoms with Gasteiger partial charge in [-0.2, -0.15) is 4.39 Å². The van der Waals surface area contributed by atoms with Gasteiger partial charge in [0.05, 0.1) is 10.9 Å². The van der Waals surface area contributed by atoms with E-state index in [0.29, 0.717) is 16.8 Å². The van der Waals surface area contributed by atoms with E-state index in [1.54, 1.807) is 6.08 Å². The highest BCUT2D eigenvalue weighted by atomic mass is 19.1. The molecule has 3 aromatic carbocycles. The summed E-state index contributed by atoms with van der Waals surface area (Å²) in [5.74, 6) is -1.07. The van der Waals surface area contributed by atoms with Crippen molar-refractivity contribution in [2.24, 2.45) is 5.92 Å². The van der Waals surface area contributed by atoms with Gasteiger partial charge in [-0.25, -0.2) is 4.79 Å². The lowest BCUT2D eigenvalue weighted by Crippen LogP contribution is -2.18. The van der Waals surface area contributed by atoms with E-state index in [-0.39, 0.29) is 0 Å². The molecule has 4 aromatic rings. The molecule has 0 spiro atoms. The zero-order valence-corrected chi connectivity index (χ0v) is 21.2. The highest BCUT2D eigenvalue weighted by molar-refractivity contribution is 6.01. The van der Waals surface area contributed by atoms with Gasteiger partial charge in [-0.05, 0) is 95.3 Å². The van der Waals surface area contributed by atoms with Crippen LogP contribution in [0.25, 0.3) is 28.1 Å². The molecule has 1 saturated carbocycles. The molecular formula is C32H30FN3O2. The fourth-order valence-corrected chi connectivity index (χ4v) is 5.67. The molecule has 6 rings (SSSR count). The number of carboxylic acids is 1. The van der Waals surface area contributed by atoms with Gasteiger partial charge in [0.25, 0.3) is 0 Å². The zero-order chi connectivity index (χ0) is 26.1. The summed E-state index contributed by atoms with van der Waals surface area (Å²) in [4.78, 5) is 13.4. The highest BCUT2D eigenvalue weighted by Gasteiger charge is 2.28. The molecule has 1 aliphatic heterocycles. The summed E-state index contributed by atoms with van der Waals surface area (Å²) in [6.45, 7) is 2.17. The molecule has 38 heavy (non-hydrogen) atoms. The molecule has 5 nitrogen and oxygen atoms in total. The first-order valence-electron chi connectivity index (χ1n) is 13.3. The number of rotatable bonds is 7. The van der Waals surface area contributed by atoms with Crippen LogP contribution in [0.1, 0.15) is 54.4 Å². The predicted octanol–water partition coefficient (Wildman–Crippen LogP) is 7.16. The summed E-state index contributed by atoms with van der Waals surface area (Å²) in [7, 11) is 0. The Hall–Kier alpha value is -4.19. The van der Waals surface area contributed by atoms with Crippen molar-refractivity contribution in [3.63, 3.8) is 0 Å². The third-order valence-corrected chi connectivity index (χ3v) is 7.83. The van der Waals surface area contributed by atoms with Gasteiger partial charge in [-0.1, -0.05) is 48.9 Å². The number of H-pyrrole nitrogens is 1. The second-order valence-corrected chi connectivity index (χ2v) is 10.2. The quantitative estimate of drug-likeness (QED) is 0.206. The number of anilines is 1. The van der Waals surface area contributed by atoms with E-state index in [9.17, 15) is 9.18 Å². The minimum Gasteiger partial charge on any atom is -0.478 e. The molecule has 0 bridgehead atoms. The van der Waals surface area contributed by atoms with E-state index in [1.807, 2.05) is 42.5 Å². The van der Waals surface area contributed by atoms with E-state index in [4.69, 9.17) is 5.11 Å². The molecular weight excluding hydrogens is 477 g/mol. The van der Waals surface area contributed by atoms with Crippen LogP contribution < -0.4 is 4.90 Å². The van der Waals surface area contributed by atoms with Crippen LogP contribution in [0.3, 0.4) is 0 Å². The van der Waals surface area contributed by atoms with Gasteiger partial charge in [-0.15, -0.1) is 5.10 Å². The largest absolute Gasteiger partial charge is 0.478 e. The number of aliphatic carboxylic acids is 1. The highest BCUT2D eigenvalue weighted by Crippen LogP contribution is 2.46. The average molecular weight is 508 g/mol. The van der Waals surface area contributed by atoms with Gasteiger partial charge in [0.15, 0.2) is 0 Å². The maximum atomic E-state index is 14.6. The van der Waals surface area contributed by atoms with Crippen LogP contribution in [0.5, 0.6) is 0 Å². The number of benzene rings is 3. The van der Waals surface area contributed by atoms with E-state index in [0.717, 1.165) is 54.3 Å². The number of carboxylic acid groups (broad SMARTS) is 1. The first-order valence-corrected chi connectivity index (χ1v) is 13.3. The van der Waals surface area contributed by atoms with Crippen LogP contribution in [0.2, 0.25) is 0 Å². The Morgan fingerprint density at radius 3 is 2.42 bits per heavy atom. The smallest absolute Gasteiger partial charge is 0.328 e. The normalized spacial score (nSPS) is 16.7. The van der Waals surface area contributed by atoms with Crippen molar-refractivity contribution >= 4 is 39.8 Å². The maximum Gasteiger partial charge on any atom is 0.328 e. The van der Waals surface area contributed by atoms with Crippen molar-refractivity contribution in [1.29, 1.82) is 0 Å². The number of carbonyl (C=O) groups is 1. The number of hydrogen-bond acceptors (Lipinski definition) is 3. The average Bonchev–Trinajstić information content (AvgIpc) is 3.57. The number of aromatic amines is 1. The van der Waals surface area contributed by atoms with Gasteiger partial charge in [0, 0.05) is 24.9 Å². The van der Waals surface area contributed by atoms with E-state index in [1.165, 1.54) is 36.1 Å². The molecule has 2 heterocycles. The molecule has 0 unspecified atom stereocenters. The lowest BCUT2D eigenvalue weighted by Gasteiger charge is -2.32. The molecule has 0 amide bonds. The summed E-state index contributed by atoms with van der Waals surface area (Å²) < 4.78 is 14.6. The fourth-order valence-electron chi connectivity index (χ4n) is 5.67. The molecule has 2 fully saturated rings. The molecule has 192 valence electrons. The van der Waals surface area contributed by atoms with E-state index in [2.05, 4.69) is 39.4 Å². The molecule has 1 aromatic heterocycles. The van der Waals surface area contributed by atoms with Crippen LogP contribution in [0, 0.1) is 11.9 Å². The Morgan fingerprint density at radius 2 is 1.71 bits per heavy atom. The topological polar surface area (TPSA) is 69.2 Å². The Balaban J connectivity index is 1.55. The van der Waals surface area contributed by atoms with Crippen molar-refractivity contribution in [3.05, 3.63) is 101 Å². The van der Waals surface area contributed by atoms with Crippen LogP contribution in [0.15, 0.2) is 72.8 Å². The van der Waals surface area contributed by atoms with Crippen molar-refractivity contribution in [3.8, 4) is 0 Å². The summed E-state index contributed by atoms with van der Waals surface area (Å²) in [5.41, 5.74) is 8.28. The van der Waals surface area contributed by atoms with Crippen LogP contribution in [0.4, 0.5) is 10.1 Å². The summed E-state index contributed by atoms with van der Waals surface area (Å²) in [5, 5.41) is 16.0. The van der Waals surface area contributed by atoms with Crippen molar-refractivity contribution in [1.82, 2.24) is 10.2 Å². The first kappa shape index (κ1) is 24.2. The number of aromatic nitrogens is 2. The van der Waals surface area contributed by atoms with Crippen molar-refractivity contribution in [2.45, 2.75) is 32.1 Å². The zero-order valence-electron chi connectivity index (χ0n) is 21.2. The summed E-state index contributed by atoms with van der Waals surface area (Å²) in [6.07, 6.45) is 8.61. The Morgan fingerprint density at radius 1 is 0.947 bits per heavy atom. The van der Waals surface area contributed by atoms with Gasteiger partial charge in [-0.3, -0.25) is 5.10 Å². The maximum absolute atomic E-state index is 14.6. The fraction of sp³-hybridized carbons (Fsp3) is 0.250. The number of fused-ring (bicyclic) bond motifs is 1. The Kier molecular flexibility index (Phi) is 6.54. The number of hydrogen-bond donors (Lipinski definition) is 2. The predicted molar refractivity (Wildman–Crippen MR) is 150 cm³/mol. The minimum absolute atomic E-state index is 0.412. The number of halogens is 1. The van der Waals surface area contributed by atoms with Crippen molar-refractivity contribution in [2.75, 3.05) is 18.0 Å². The molecule has 1 saturated heterocycles. The second-order valence-electron chi connectivity index (χ2n) is 10.2. The summed E-state index contributed by atoms with van der Waals surface area (Å²) >= 11 is 0. The monoisotopic (exact) mass is 507 g/mol. The van der Waals surface area contributed by atoms with Gasteiger partial charge >= 0.3 is 5.97 Å². The lowest BCUT2D eigenvalue weighted by molar-refractivity contribution is -0.131. The minimum atomic E-state index is -0.977. The van der Waals surface area contributed by atoms with Gasteiger partial charge in [0.2, 0.25) is 5.95 Å². The first-order chi connectivity index (χ1) is 18.6. The number of nitrogens with one attached hydrogen (secondary N) is 1. The lowest BCUT2D eigenvalue weighted by atomic mass is 9.73. The van der Waals surface area contributed by atoms with Gasteiger partial charge in [0.1, 0.15) is 0 Å². The molecule has 2 N–H and O–H groups in total. The van der Waals surface area contributed by atoms with E-state index >= 15 is 0 Å². The molecule has 2 aliphatic rings. The number of allylic oxidation sites excluding steroid dienone is 1. The summed E-state index contributed by atoms with van der Waals surface area (Å²) in [6, 6.07) is 22.6. The van der Waals surface area contributed by atoms with Gasteiger partial charge < -0.3 is 10.0 Å².